The lowest BCUT2D eigenvalue weighted by Gasteiger charge is -2.23. The quantitative estimate of drug-likeness (QED) is 0.866. The van der Waals surface area contributed by atoms with Crippen LogP contribution in [0.15, 0.2) is 59.5 Å². The molecule has 0 aliphatic heterocycles. The maximum Gasteiger partial charge on any atom is 0.238 e. The van der Waals surface area contributed by atoms with E-state index in [4.69, 9.17) is 11.6 Å². The number of hydrogen-bond donors (Lipinski definition) is 1. The Labute approximate surface area is 144 Å². The van der Waals surface area contributed by atoms with E-state index in [-0.39, 0.29) is 5.91 Å². The van der Waals surface area contributed by atoms with Crippen LogP contribution in [-0.4, -0.2) is 21.4 Å². The molecule has 0 aliphatic carbocycles. The van der Waals surface area contributed by atoms with Gasteiger partial charge in [0.15, 0.2) is 0 Å². The molecule has 1 atom stereocenters. The zero-order valence-electron chi connectivity index (χ0n) is 13.2. The average molecular weight is 350 g/mol. The summed E-state index contributed by atoms with van der Waals surface area (Å²) in [6.45, 7) is 3.90. The highest BCUT2D eigenvalue weighted by Crippen LogP contribution is 2.22. The van der Waals surface area contributed by atoms with Gasteiger partial charge in [-0.2, -0.15) is 0 Å². The Hall–Kier alpha value is -1.65. The third-order valence-corrected chi connectivity index (χ3v) is 5.64. The number of halogens is 1. The second-order valence-electron chi connectivity index (χ2n) is 5.72. The second-order valence-corrected chi connectivity index (χ2v) is 8.19. The van der Waals surface area contributed by atoms with Crippen LogP contribution in [0.2, 0.25) is 5.02 Å². The highest BCUT2D eigenvalue weighted by molar-refractivity contribution is 7.87. The number of carbonyl (C=O) groups is 1. The maximum absolute atomic E-state index is 12.7. The van der Waals surface area contributed by atoms with Crippen LogP contribution < -0.4 is 5.32 Å². The molecule has 2 rings (SSSR count). The van der Waals surface area contributed by atoms with Crippen molar-refractivity contribution in [3.8, 4) is 0 Å². The molecule has 1 amide bonds. The Kier molecular flexibility index (Phi) is 5.97. The molecular formula is C18H20ClNO2S. The molecule has 0 saturated carbocycles. The fraction of sp³-hybridized carbons (Fsp3) is 0.278. The molecule has 0 spiro atoms. The standard InChI is InChI=1S/C18H20ClNO2S/c1-18(2,23(22)16-10-8-15(19)9-11-16)17(21)20-13-12-14-6-4-3-5-7-14/h3-11H,12-13H2,1-2H3,(H,20,21). The lowest BCUT2D eigenvalue weighted by Crippen LogP contribution is -2.45. The van der Waals surface area contributed by atoms with Gasteiger partial charge in [-0.05, 0) is 50.1 Å². The average Bonchev–Trinajstić information content (AvgIpc) is 2.55. The van der Waals surface area contributed by atoms with Crippen molar-refractivity contribution >= 4 is 28.3 Å². The van der Waals surface area contributed by atoms with Crippen LogP contribution in [0.25, 0.3) is 0 Å². The summed E-state index contributed by atoms with van der Waals surface area (Å²) in [6, 6.07) is 16.7. The predicted octanol–water partition coefficient (Wildman–Crippen LogP) is 3.59. The topological polar surface area (TPSA) is 46.2 Å². The molecule has 0 radical (unpaired) electrons. The Balaban J connectivity index is 1.96. The highest BCUT2D eigenvalue weighted by atomic mass is 35.5. The minimum Gasteiger partial charge on any atom is -0.354 e. The van der Waals surface area contributed by atoms with Gasteiger partial charge in [-0.1, -0.05) is 41.9 Å². The molecule has 0 saturated heterocycles. The van der Waals surface area contributed by atoms with Gasteiger partial charge in [0.05, 0.1) is 10.8 Å². The molecule has 0 aromatic heterocycles. The van der Waals surface area contributed by atoms with Crippen molar-refractivity contribution in [3.63, 3.8) is 0 Å². The number of carbonyl (C=O) groups excluding carboxylic acids is 1. The van der Waals surface area contributed by atoms with Crippen molar-refractivity contribution in [1.29, 1.82) is 0 Å². The van der Waals surface area contributed by atoms with Crippen LogP contribution >= 0.6 is 11.6 Å². The van der Waals surface area contributed by atoms with Gasteiger partial charge in [-0.3, -0.25) is 9.00 Å². The normalized spacial score (nSPS) is 12.7. The minimum atomic E-state index is -1.45. The third-order valence-electron chi connectivity index (χ3n) is 3.58. The Morgan fingerprint density at radius 1 is 1.09 bits per heavy atom. The summed E-state index contributed by atoms with van der Waals surface area (Å²) in [6.07, 6.45) is 0.746. The van der Waals surface area contributed by atoms with Crippen molar-refractivity contribution in [2.75, 3.05) is 6.54 Å². The summed E-state index contributed by atoms with van der Waals surface area (Å²) in [5.74, 6) is -0.221. The molecule has 2 aromatic rings. The van der Waals surface area contributed by atoms with Gasteiger partial charge < -0.3 is 5.32 Å². The van der Waals surface area contributed by atoms with E-state index in [0.29, 0.717) is 16.5 Å². The molecule has 1 N–H and O–H groups in total. The molecule has 0 fully saturated rings. The maximum atomic E-state index is 12.7. The van der Waals surface area contributed by atoms with Gasteiger partial charge in [-0.15, -0.1) is 0 Å². The largest absolute Gasteiger partial charge is 0.354 e. The van der Waals surface area contributed by atoms with E-state index in [1.807, 2.05) is 30.3 Å². The molecule has 23 heavy (non-hydrogen) atoms. The lowest BCUT2D eigenvalue weighted by atomic mass is 10.1. The number of amides is 1. The fourth-order valence-electron chi connectivity index (χ4n) is 2.11. The van der Waals surface area contributed by atoms with E-state index in [1.165, 1.54) is 0 Å². The number of hydrogen-bond acceptors (Lipinski definition) is 2. The fourth-order valence-corrected chi connectivity index (χ4v) is 3.45. The summed E-state index contributed by atoms with van der Waals surface area (Å²) < 4.78 is 11.7. The van der Waals surface area contributed by atoms with E-state index in [0.717, 1.165) is 12.0 Å². The molecule has 2 aromatic carbocycles. The number of benzene rings is 2. The SMILES string of the molecule is CC(C)(C(=O)NCCc1ccccc1)S(=O)c1ccc(Cl)cc1. The molecule has 3 nitrogen and oxygen atoms in total. The first-order valence-corrected chi connectivity index (χ1v) is 8.93. The van der Waals surface area contributed by atoms with Gasteiger partial charge >= 0.3 is 0 Å². The molecular weight excluding hydrogens is 330 g/mol. The third kappa shape index (κ3) is 4.66. The first-order chi connectivity index (χ1) is 10.9. The number of rotatable bonds is 6. The number of nitrogens with one attached hydrogen (secondary N) is 1. The molecule has 122 valence electrons. The van der Waals surface area contributed by atoms with E-state index in [2.05, 4.69) is 5.32 Å². The van der Waals surface area contributed by atoms with E-state index in [9.17, 15) is 9.00 Å². The predicted molar refractivity (Wildman–Crippen MR) is 95.1 cm³/mol. The van der Waals surface area contributed by atoms with Crippen molar-refractivity contribution in [1.82, 2.24) is 5.32 Å². The van der Waals surface area contributed by atoms with Crippen LogP contribution in [0.1, 0.15) is 19.4 Å². The molecule has 0 bridgehead atoms. The van der Waals surface area contributed by atoms with Crippen molar-refractivity contribution in [3.05, 3.63) is 65.2 Å². The summed E-state index contributed by atoms with van der Waals surface area (Å²) in [5, 5.41) is 3.45. The van der Waals surface area contributed by atoms with E-state index in [1.54, 1.807) is 38.1 Å². The van der Waals surface area contributed by atoms with Crippen LogP contribution in [0.5, 0.6) is 0 Å². The summed E-state index contributed by atoms with van der Waals surface area (Å²) >= 11 is 5.84. The molecule has 0 aliphatic rings. The molecule has 5 heteroatoms. The van der Waals surface area contributed by atoms with Crippen LogP contribution in [0.4, 0.5) is 0 Å². The first-order valence-electron chi connectivity index (χ1n) is 7.41. The van der Waals surface area contributed by atoms with Crippen LogP contribution in [0, 0.1) is 0 Å². The smallest absolute Gasteiger partial charge is 0.238 e. The lowest BCUT2D eigenvalue weighted by molar-refractivity contribution is -0.122. The Morgan fingerprint density at radius 3 is 2.30 bits per heavy atom. The van der Waals surface area contributed by atoms with E-state index < -0.39 is 15.5 Å². The minimum absolute atomic E-state index is 0.221. The zero-order chi connectivity index (χ0) is 16.9. The van der Waals surface area contributed by atoms with Crippen molar-refractivity contribution in [2.45, 2.75) is 29.9 Å². The second kappa shape index (κ2) is 7.75. The van der Waals surface area contributed by atoms with Gasteiger partial charge in [-0.25, -0.2) is 0 Å². The van der Waals surface area contributed by atoms with Crippen LogP contribution in [0.3, 0.4) is 0 Å². The summed E-state index contributed by atoms with van der Waals surface area (Å²) in [4.78, 5) is 13.0. The van der Waals surface area contributed by atoms with Gasteiger partial charge in [0.25, 0.3) is 0 Å². The summed E-state index contributed by atoms with van der Waals surface area (Å²) in [7, 11) is -1.45. The van der Waals surface area contributed by atoms with Crippen LogP contribution in [-0.2, 0) is 22.0 Å². The summed E-state index contributed by atoms with van der Waals surface area (Å²) in [5.41, 5.74) is 1.16. The van der Waals surface area contributed by atoms with Crippen molar-refractivity contribution in [2.24, 2.45) is 0 Å². The Bertz CT molecular complexity index is 684. The zero-order valence-corrected chi connectivity index (χ0v) is 14.8. The Morgan fingerprint density at radius 2 is 1.70 bits per heavy atom. The first kappa shape index (κ1) is 17.7. The monoisotopic (exact) mass is 349 g/mol. The van der Waals surface area contributed by atoms with Gasteiger partial charge in [0, 0.05) is 16.5 Å². The van der Waals surface area contributed by atoms with Gasteiger partial charge in [0.1, 0.15) is 4.75 Å². The van der Waals surface area contributed by atoms with Gasteiger partial charge in [0.2, 0.25) is 5.91 Å². The van der Waals surface area contributed by atoms with Crippen molar-refractivity contribution < 1.29 is 9.00 Å². The van der Waals surface area contributed by atoms with E-state index >= 15 is 0 Å². The molecule has 1 unspecified atom stereocenters. The highest BCUT2D eigenvalue weighted by Gasteiger charge is 2.35. The molecule has 0 heterocycles.